The smallest absolute Gasteiger partial charge is 0.220 e. The average Bonchev–Trinajstić information content (AvgIpc) is 3.53. The summed E-state index contributed by atoms with van der Waals surface area (Å²) in [6, 6.07) is 14.7. The van der Waals surface area contributed by atoms with Crippen LogP contribution >= 0.6 is 11.3 Å². The molecule has 0 unspecified atom stereocenters. The number of rotatable bonds is 13. The maximum absolute atomic E-state index is 13.0. The number of fused-ring (bicyclic) bond motifs is 1. The molecule has 0 radical (unpaired) electrons. The van der Waals surface area contributed by atoms with Crippen molar-refractivity contribution in [1.82, 2.24) is 20.6 Å². The second-order valence-corrected chi connectivity index (χ2v) is 15.2. The number of ether oxygens (including phenoxy) is 2. The summed E-state index contributed by atoms with van der Waals surface area (Å²) >= 11 is 1.75. The van der Waals surface area contributed by atoms with Gasteiger partial charge in [-0.1, -0.05) is 24.3 Å². The Kier molecular flexibility index (Phi) is 9.11. The van der Waals surface area contributed by atoms with Crippen LogP contribution in [-0.2, 0) is 11.3 Å². The molecular formula is C38H47N5O3S. The Morgan fingerprint density at radius 1 is 1.04 bits per heavy atom. The predicted octanol–water partition coefficient (Wildman–Crippen LogP) is 7.67. The van der Waals surface area contributed by atoms with Crippen molar-refractivity contribution in [3.63, 3.8) is 0 Å². The van der Waals surface area contributed by atoms with E-state index in [1.54, 1.807) is 18.4 Å². The van der Waals surface area contributed by atoms with E-state index < -0.39 is 0 Å². The molecular weight excluding hydrogens is 607 g/mol. The summed E-state index contributed by atoms with van der Waals surface area (Å²) in [5.74, 6) is 5.36. The molecule has 4 fully saturated rings. The lowest BCUT2D eigenvalue weighted by atomic mass is 9.49. The van der Waals surface area contributed by atoms with Crippen LogP contribution in [0.1, 0.15) is 74.2 Å². The number of methoxy groups -OCH3 is 1. The molecule has 3 N–H and O–H groups in total. The molecule has 8 rings (SSSR count). The van der Waals surface area contributed by atoms with Gasteiger partial charge in [0.05, 0.1) is 25.2 Å². The van der Waals surface area contributed by atoms with Crippen molar-refractivity contribution in [2.45, 2.75) is 71.4 Å². The highest BCUT2D eigenvalue weighted by Gasteiger charge is 2.51. The first kappa shape index (κ1) is 31.9. The largest absolute Gasteiger partial charge is 0.493 e. The molecule has 1 amide bonds. The molecule has 0 aliphatic heterocycles. The van der Waals surface area contributed by atoms with Gasteiger partial charge in [0, 0.05) is 29.3 Å². The summed E-state index contributed by atoms with van der Waals surface area (Å²) in [5.41, 5.74) is 4.77. The summed E-state index contributed by atoms with van der Waals surface area (Å²) < 4.78 is 11.9. The van der Waals surface area contributed by atoms with E-state index in [4.69, 9.17) is 19.4 Å². The Morgan fingerprint density at radius 2 is 1.79 bits per heavy atom. The number of thiophene rings is 1. The van der Waals surface area contributed by atoms with Gasteiger partial charge in [-0.3, -0.25) is 4.79 Å². The highest BCUT2D eigenvalue weighted by molar-refractivity contribution is 7.10. The standard InChI is InChI=1S/C38H47N5O3S/c1-23(35-14-29(22-47-35)30-8-6-5-7-28(30)21-39-3)41-37-31-15-33(45-4)34(16-32(31)42-24(2)43-37)46-10-9-40-36(44)20-38-17-25-11-26(18-38)13-27(12-25)19-38/h5-8,14-16,22-23,25-27,39H,9-13,17-21H2,1-4H3,(H,40,44)(H,41,42,43)/t23-,25?,26?,27?,38?/m1/s1. The molecule has 4 aliphatic rings. The van der Waals surface area contributed by atoms with E-state index in [1.807, 2.05) is 26.1 Å². The first-order chi connectivity index (χ1) is 22.8. The Hall–Kier alpha value is -3.69. The number of hydrogen-bond acceptors (Lipinski definition) is 8. The van der Waals surface area contributed by atoms with Gasteiger partial charge in [-0.05, 0) is 117 Å². The van der Waals surface area contributed by atoms with E-state index in [0.717, 1.165) is 41.0 Å². The van der Waals surface area contributed by atoms with E-state index in [1.165, 1.54) is 60.1 Å². The first-order valence-electron chi connectivity index (χ1n) is 17.1. The third kappa shape index (κ3) is 6.83. The first-order valence-corrected chi connectivity index (χ1v) is 18.0. The number of nitrogens with zero attached hydrogens (tertiary/aromatic N) is 2. The van der Waals surface area contributed by atoms with Gasteiger partial charge in [0.15, 0.2) is 11.5 Å². The summed E-state index contributed by atoms with van der Waals surface area (Å²) in [5, 5.41) is 13.1. The molecule has 9 heteroatoms. The van der Waals surface area contributed by atoms with Crippen molar-refractivity contribution in [3.8, 4) is 22.6 Å². The summed E-state index contributed by atoms with van der Waals surface area (Å²) in [4.78, 5) is 23.7. The average molecular weight is 654 g/mol. The number of amides is 1. The van der Waals surface area contributed by atoms with E-state index in [-0.39, 0.29) is 17.4 Å². The fraction of sp³-hybridized carbons (Fsp3) is 0.500. The van der Waals surface area contributed by atoms with Crippen molar-refractivity contribution in [2.24, 2.45) is 23.2 Å². The molecule has 248 valence electrons. The van der Waals surface area contributed by atoms with E-state index >= 15 is 0 Å². The zero-order valence-electron chi connectivity index (χ0n) is 28.0. The van der Waals surface area contributed by atoms with Crippen molar-refractivity contribution in [3.05, 3.63) is 64.1 Å². The Labute approximate surface area is 282 Å². The second-order valence-electron chi connectivity index (χ2n) is 14.2. The van der Waals surface area contributed by atoms with Gasteiger partial charge in [-0.15, -0.1) is 11.3 Å². The molecule has 4 bridgehead atoms. The topological polar surface area (TPSA) is 97.4 Å². The summed E-state index contributed by atoms with van der Waals surface area (Å²) in [6.07, 6.45) is 8.58. The van der Waals surface area contributed by atoms with Crippen molar-refractivity contribution in [1.29, 1.82) is 0 Å². The number of carbonyl (C=O) groups is 1. The van der Waals surface area contributed by atoms with Crippen molar-refractivity contribution < 1.29 is 14.3 Å². The number of aromatic nitrogens is 2. The number of carbonyl (C=O) groups excluding carboxylic acids is 1. The lowest BCUT2D eigenvalue weighted by molar-refractivity contribution is -0.129. The van der Waals surface area contributed by atoms with Gasteiger partial charge >= 0.3 is 0 Å². The van der Waals surface area contributed by atoms with Crippen molar-refractivity contribution in [2.75, 3.05) is 32.6 Å². The summed E-state index contributed by atoms with van der Waals surface area (Å²) in [6.45, 7) is 5.71. The highest BCUT2D eigenvalue weighted by atomic mass is 32.1. The van der Waals surface area contributed by atoms with Crippen LogP contribution in [0.25, 0.3) is 22.0 Å². The SMILES string of the molecule is CNCc1ccccc1-c1csc([C@@H](C)Nc2nc(C)nc3cc(OCCNC(=O)CC45CC6CC(CC(C6)C4)C5)c(OC)cc23)c1. The molecule has 47 heavy (non-hydrogen) atoms. The second kappa shape index (κ2) is 13.4. The van der Waals surface area contributed by atoms with Gasteiger partial charge in [0.1, 0.15) is 18.2 Å². The lowest BCUT2D eigenvalue weighted by Crippen LogP contribution is -2.48. The van der Waals surface area contributed by atoms with Gasteiger partial charge in [-0.25, -0.2) is 9.97 Å². The van der Waals surface area contributed by atoms with Crippen LogP contribution in [0.15, 0.2) is 47.8 Å². The third-order valence-electron chi connectivity index (χ3n) is 10.6. The molecule has 0 spiro atoms. The molecule has 4 saturated carbocycles. The Balaban J connectivity index is 1.00. The number of anilines is 1. The van der Waals surface area contributed by atoms with Crippen LogP contribution in [0.4, 0.5) is 5.82 Å². The zero-order chi connectivity index (χ0) is 32.5. The number of benzene rings is 2. The molecule has 1 atom stereocenters. The zero-order valence-corrected chi connectivity index (χ0v) is 28.8. The van der Waals surface area contributed by atoms with Crippen LogP contribution in [0.3, 0.4) is 0 Å². The lowest BCUT2D eigenvalue weighted by Gasteiger charge is -2.56. The highest BCUT2D eigenvalue weighted by Crippen LogP contribution is 2.61. The molecule has 0 saturated heterocycles. The van der Waals surface area contributed by atoms with Crippen molar-refractivity contribution >= 4 is 34.0 Å². The number of hydrogen-bond donors (Lipinski definition) is 3. The Morgan fingerprint density at radius 3 is 2.51 bits per heavy atom. The monoisotopic (exact) mass is 653 g/mol. The fourth-order valence-corrected chi connectivity index (χ4v) is 9.96. The van der Waals surface area contributed by atoms with Crippen LogP contribution in [0.5, 0.6) is 11.5 Å². The molecule has 2 heterocycles. The minimum Gasteiger partial charge on any atom is -0.493 e. The van der Waals surface area contributed by atoms with E-state index in [2.05, 4.69) is 58.6 Å². The fourth-order valence-electron chi connectivity index (χ4n) is 9.04. The maximum Gasteiger partial charge on any atom is 0.220 e. The molecule has 4 aliphatic carbocycles. The molecule has 2 aromatic carbocycles. The Bertz CT molecular complexity index is 1720. The van der Waals surface area contributed by atoms with Crippen LogP contribution in [-0.4, -0.2) is 43.2 Å². The summed E-state index contributed by atoms with van der Waals surface area (Å²) in [7, 11) is 3.62. The molecule has 2 aromatic heterocycles. The van der Waals surface area contributed by atoms with Gasteiger partial charge in [0.25, 0.3) is 0 Å². The molecule has 8 nitrogen and oxygen atoms in total. The number of aryl methyl sites for hydroxylation is 1. The van der Waals surface area contributed by atoms with E-state index in [9.17, 15) is 4.79 Å². The third-order valence-corrected chi connectivity index (χ3v) is 11.7. The van der Waals surface area contributed by atoms with Gasteiger partial charge in [-0.2, -0.15) is 0 Å². The van der Waals surface area contributed by atoms with Crippen LogP contribution in [0, 0.1) is 30.1 Å². The van der Waals surface area contributed by atoms with Crippen LogP contribution < -0.4 is 25.4 Å². The van der Waals surface area contributed by atoms with Crippen LogP contribution in [0.2, 0.25) is 0 Å². The minimum absolute atomic E-state index is 0.0340. The van der Waals surface area contributed by atoms with Gasteiger partial charge in [0.2, 0.25) is 5.91 Å². The van der Waals surface area contributed by atoms with Gasteiger partial charge < -0.3 is 25.4 Å². The maximum atomic E-state index is 13.0. The predicted molar refractivity (Wildman–Crippen MR) is 189 cm³/mol. The minimum atomic E-state index is 0.0340. The normalized spacial score (nSPS) is 23.5. The quantitative estimate of drug-likeness (QED) is 0.127. The molecule has 4 aromatic rings. The number of nitrogens with one attached hydrogen (secondary N) is 3. The van der Waals surface area contributed by atoms with E-state index in [0.29, 0.717) is 36.9 Å².